The fourth-order valence-electron chi connectivity index (χ4n) is 3.16. The smallest absolute Gasteiger partial charge is 0.184 e. The highest BCUT2D eigenvalue weighted by Gasteiger charge is 2.25. The SMILES string of the molecule is CCCCCCCCCCCCC/C=C\CCC1=NC(C)(C)CO1. The molecule has 0 bridgehead atoms. The van der Waals surface area contributed by atoms with E-state index in [2.05, 4.69) is 37.9 Å². The average molecular weight is 336 g/mol. The summed E-state index contributed by atoms with van der Waals surface area (Å²) in [5, 5.41) is 0. The molecule has 0 aliphatic carbocycles. The predicted molar refractivity (Wildman–Crippen MR) is 107 cm³/mol. The van der Waals surface area contributed by atoms with Gasteiger partial charge >= 0.3 is 0 Å². The molecule has 24 heavy (non-hydrogen) atoms. The summed E-state index contributed by atoms with van der Waals surface area (Å²) in [6.45, 7) is 7.28. The first-order valence-electron chi connectivity index (χ1n) is 10.5. The van der Waals surface area contributed by atoms with Crippen LogP contribution in [0.25, 0.3) is 0 Å². The van der Waals surface area contributed by atoms with Gasteiger partial charge in [0.05, 0.1) is 5.54 Å². The lowest BCUT2D eigenvalue weighted by Crippen LogP contribution is -2.17. The van der Waals surface area contributed by atoms with Crippen molar-refractivity contribution in [1.29, 1.82) is 0 Å². The topological polar surface area (TPSA) is 21.6 Å². The van der Waals surface area contributed by atoms with E-state index in [0.29, 0.717) is 0 Å². The molecule has 0 aromatic rings. The Bertz CT molecular complexity index is 357. The zero-order chi connectivity index (χ0) is 17.5. The molecule has 0 saturated heterocycles. The van der Waals surface area contributed by atoms with E-state index in [1.807, 2.05) is 0 Å². The minimum atomic E-state index is -0.00540. The van der Waals surface area contributed by atoms with Crippen molar-refractivity contribution in [2.75, 3.05) is 6.61 Å². The first-order valence-corrected chi connectivity index (χ1v) is 10.5. The van der Waals surface area contributed by atoms with Crippen LogP contribution in [0.15, 0.2) is 17.1 Å². The lowest BCUT2D eigenvalue weighted by molar-refractivity contribution is 0.274. The third kappa shape index (κ3) is 11.7. The van der Waals surface area contributed by atoms with Gasteiger partial charge in [-0.1, -0.05) is 83.3 Å². The van der Waals surface area contributed by atoms with E-state index >= 15 is 0 Å². The van der Waals surface area contributed by atoms with Gasteiger partial charge in [0.25, 0.3) is 0 Å². The molecular formula is C22H41NO. The molecule has 1 heterocycles. The van der Waals surface area contributed by atoms with Crippen LogP contribution in [-0.4, -0.2) is 18.0 Å². The molecule has 140 valence electrons. The van der Waals surface area contributed by atoms with Gasteiger partial charge in [0.15, 0.2) is 5.90 Å². The van der Waals surface area contributed by atoms with Gasteiger partial charge < -0.3 is 4.74 Å². The van der Waals surface area contributed by atoms with E-state index in [1.54, 1.807) is 0 Å². The third-order valence-electron chi connectivity index (χ3n) is 4.69. The third-order valence-corrected chi connectivity index (χ3v) is 4.69. The number of unbranched alkanes of at least 4 members (excludes halogenated alkanes) is 11. The van der Waals surface area contributed by atoms with Crippen LogP contribution in [0, 0.1) is 0 Å². The maximum atomic E-state index is 5.60. The molecule has 0 unspecified atom stereocenters. The second-order valence-corrected chi connectivity index (χ2v) is 7.94. The van der Waals surface area contributed by atoms with Gasteiger partial charge in [-0.15, -0.1) is 0 Å². The van der Waals surface area contributed by atoms with Crippen LogP contribution in [0.4, 0.5) is 0 Å². The maximum absolute atomic E-state index is 5.60. The number of hydrogen-bond acceptors (Lipinski definition) is 2. The largest absolute Gasteiger partial charge is 0.478 e. The highest BCUT2D eigenvalue weighted by Crippen LogP contribution is 2.19. The zero-order valence-corrected chi connectivity index (χ0v) is 16.6. The van der Waals surface area contributed by atoms with Crippen LogP contribution < -0.4 is 0 Å². The Hall–Kier alpha value is -0.790. The standard InChI is InChI=1S/C22H41NO/c1-4-5-6-7-8-9-10-11-12-13-14-15-16-17-18-19-21-23-22(2,3)20-24-21/h16-17H,4-15,18-20H2,1-3H3/b17-16-. The van der Waals surface area contributed by atoms with E-state index in [4.69, 9.17) is 4.74 Å². The van der Waals surface area contributed by atoms with Gasteiger partial charge in [-0.3, -0.25) is 0 Å². The molecule has 1 aliphatic heterocycles. The summed E-state index contributed by atoms with van der Waals surface area (Å²) in [5.74, 6) is 0.944. The van der Waals surface area contributed by atoms with Crippen LogP contribution in [0.3, 0.4) is 0 Å². The first kappa shape index (κ1) is 21.3. The molecule has 2 heteroatoms. The van der Waals surface area contributed by atoms with Gasteiger partial charge in [-0.2, -0.15) is 0 Å². The van der Waals surface area contributed by atoms with Crippen molar-refractivity contribution in [1.82, 2.24) is 0 Å². The number of ether oxygens (including phenoxy) is 1. The summed E-state index contributed by atoms with van der Waals surface area (Å²) in [7, 11) is 0. The van der Waals surface area contributed by atoms with Crippen LogP contribution >= 0.6 is 0 Å². The van der Waals surface area contributed by atoms with Gasteiger partial charge in [-0.25, -0.2) is 4.99 Å². The Balaban J connectivity index is 1.80. The molecule has 1 aliphatic rings. The van der Waals surface area contributed by atoms with Crippen molar-refractivity contribution in [2.45, 2.75) is 116 Å². The quantitative estimate of drug-likeness (QED) is 0.228. The predicted octanol–water partition coefficient (Wildman–Crippen LogP) is 7.23. The molecule has 0 atom stereocenters. The molecule has 0 saturated carbocycles. The van der Waals surface area contributed by atoms with E-state index in [1.165, 1.54) is 77.0 Å². The summed E-state index contributed by atoms with van der Waals surface area (Å²) in [6.07, 6.45) is 23.5. The molecule has 0 aromatic carbocycles. The van der Waals surface area contributed by atoms with Crippen LogP contribution in [0.1, 0.15) is 111 Å². The second kappa shape index (κ2) is 13.5. The summed E-state index contributed by atoms with van der Waals surface area (Å²) in [5.41, 5.74) is -0.00540. The molecule has 2 nitrogen and oxygen atoms in total. The van der Waals surface area contributed by atoms with E-state index < -0.39 is 0 Å². The van der Waals surface area contributed by atoms with Gasteiger partial charge in [0, 0.05) is 6.42 Å². The Morgan fingerprint density at radius 2 is 1.38 bits per heavy atom. The summed E-state index contributed by atoms with van der Waals surface area (Å²) < 4.78 is 5.60. The average Bonchev–Trinajstić information content (AvgIpc) is 2.90. The fourth-order valence-corrected chi connectivity index (χ4v) is 3.16. The number of allylic oxidation sites excluding steroid dienone is 2. The molecule has 0 N–H and O–H groups in total. The van der Waals surface area contributed by atoms with Crippen molar-refractivity contribution < 1.29 is 4.74 Å². The van der Waals surface area contributed by atoms with Crippen LogP contribution in [-0.2, 0) is 4.74 Å². The fraction of sp³-hybridized carbons (Fsp3) is 0.864. The zero-order valence-electron chi connectivity index (χ0n) is 16.6. The minimum Gasteiger partial charge on any atom is -0.478 e. The molecule has 1 rings (SSSR count). The van der Waals surface area contributed by atoms with E-state index in [9.17, 15) is 0 Å². The second-order valence-electron chi connectivity index (χ2n) is 7.94. The van der Waals surface area contributed by atoms with Crippen LogP contribution in [0.5, 0.6) is 0 Å². The maximum Gasteiger partial charge on any atom is 0.184 e. The van der Waals surface area contributed by atoms with Crippen molar-refractivity contribution >= 4 is 5.90 Å². The lowest BCUT2D eigenvalue weighted by atomic mass is 10.1. The van der Waals surface area contributed by atoms with E-state index in [0.717, 1.165) is 25.3 Å². The van der Waals surface area contributed by atoms with E-state index in [-0.39, 0.29) is 5.54 Å². The molecule has 0 radical (unpaired) electrons. The van der Waals surface area contributed by atoms with Crippen molar-refractivity contribution in [2.24, 2.45) is 4.99 Å². The highest BCUT2D eigenvalue weighted by atomic mass is 16.5. The monoisotopic (exact) mass is 335 g/mol. The Kier molecular flexibility index (Phi) is 12.0. The number of aliphatic imine (C=N–C) groups is 1. The molecular weight excluding hydrogens is 294 g/mol. The summed E-state index contributed by atoms with van der Waals surface area (Å²) in [6, 6.07) is 0. The van der Waals surface area contributed by atoms with Gasteiger partial charge in [0.1, 0.15) is 6.61 Å². The number of nitrogens with zero attached hydrogens (tertiary/aromatic N) is 1. The Labute approximate surface area is 151 Å². The van der Waals surface area contributed by atoms with Crippen molar-refractivity contribution in [3.8, 4) is 0 Å². The van der Waals surface area contributed by atoms with Gasteiger partial charge in [-0.05, 0) is 33.1 Å². The molecule has 0 amide bonds. The van der Waals surface area contributed by atoms with Crippen LogP contribution in [0.2, 0.25) is 0 Å². The first-order chi connectivity index (χ1) is 11.6. The Morgan fingerprint density at radius 3 is 1.92 bits per heavy atom. The summed E-state index contributed by atoms with van der Waals surface area (Å²) in [4.78, 5) is 4.58. The molecule has 0 spiro atoms. The normalized spacial score (nSPS) is 16.5. The number of rotatable bonds is 15. The van der Waals surface area contributed by atoms with Crippen molar-refractivity contribution in [3.63, 3.8) is 0 Å². The highest BCUT2D eigenvalue weighted by molar-refractivity contribution is 5.78. The Morgan fingerprint density at radius 1 is 0.833 bits per heavy atom. The summed E-state index contributed by atoms with van der Waals surface area (Å²) >= 11 is 0. The van der Waals surface area contributed by atoms with Gasteiger partial charge in [0.2, 0.25) is 0 Å². The van der Waals surface area contributed by atoms with Crippen molar-refractivity contribution in [3.05, 3.63) is 12.2 Å². The lowest BCUT2D eigenvalue weighted by Gasteiger charge is -2.07. The molecule has 0 fully saturated rings. The molecule has 0 aromatic heterocycles. The minimum absolute atomic E-state index is 0.00540. The number of hydrogen-bond donors (Lipinski definition) is 0.